The number of carbonyl (C=O) groups excluding carboxylic acids is 1. The molecular formula is C24H19BrO4. The van der Waals surface area contributed by atoms with Gasteiger partial charge in [0, 0.05) is 21.0 Å². The van der Waals surface area contributed by atoms with E-state index < -0.39 is 5.97 Å². The minimum atomic E-state index is -0.409. The van der Waals surface area contributed by atoms with Crippen molar-refractivity contribution < 1.29 is 18.7 Å². The normalized spacial score (nSPS) is 10.8. The van der Waals surface area contributed by atoms with Crippen LogP contribution in [0.25, 0.3) is 22.3 Å². The molecule has 4 nitrogen and oxygen atoms in total. The molecule has 0 N–H and O–H groups in total. The molecule has 0 amide bonds. The van der Waals surface area contributed by atoms with Crippen LogP contribution >= 0.6 is 15.9 Å². The van der Waals surface area contributed by atoms with E-state index in [1.807, 2.05) is 72.8 Å². The third-order valence-corrected chi connectivity index (χ3v) is 5.30. The van der Waals surface area contributed by atoms with Crippen LogP contribution < -0.4 is 4.74 Å². The van der Waals surface area contributed by atoms with Gasteiger partial charge in [0.2, 0.25) is 0 Å². The second-order valence-electron chi connectivity index (χ2n) is 6.43. The van der Waals surface area contributed by atoms with E-state index in [9.17, 15) is 4.79 Å². The third-order valence-electron chi connectivity index (χ3n) is 4.53. The van der Waals surface area contributed by atoms with E-state index in [0.29, 0.717) is 34.6 Å². The fourth-order valence-corrected chi connectivity index (χ4v) is 3.54. The van der Waals surface area contributed by atoms with Crippen LogP contribution in [0.3, 0.4) is 0 Å². The Morgan fingerprint density at radius 3 is 2.52 bits per heavy atom. The molecule has 146 valence electrons. The highest BCUT2D eigenvalue weighted by molar-refractivity contribution is 9.10. The summed E-state index contributed by atoms with van der Waals surface area (Å²) in [7, 11) is 0. The molecule has 0 bridgehead atoms. The number of benzene rings is 3. The van der Waals surface area contributed by atoms with Gasteiger partial charge in [-0.15, -0.1) is 0 Å². The molecule has 1 aromatic heterocycles. The number of hydrogen-bond donors (Lipinski definition) is 0. The van der Waals surface area contributed by atoms with Crippen molar-refractivity contribution in [1.29, 1.82) is 0 Å². The predicted octanol–water partition coefficient (Wildman–Crippen LogP) is 6.62. The maximum atomic E-state index is 12.7. The summed E-state index contributed by atoms with van der Waals surface area (Å²) in [5.41, 5.74) is 2.89. The molecule has 0 aliphatic heterocycles. The van der Waals surface area contributed by atoms with E-state index in [-0.39, 0.29) is 6.61 Å². The van der Waals surface area contributed by atoms with Crippen molar-refractivity contribution in [2.45, 2.75) is 13.5 Å². The molecule has 5 heteroatoms. The first-order valence-electron chi connectivity index (χ1n) is 9.32. The van der Waals surface area contributed by atoms with Crippen LogP contribution in [0, 0.1) is 0 Å². The highest BCUT2D eigenvalue weighted by Crippen LogP contribution is 2.36. The molecule has 0 atom stereocenters. The number of furan rings is 1. The van der Waals surface area contributed by atoms with Crippen molar-refractivity contribution in [1.82, 2.24) is 0 Å². The molecule has 0 aliphatic carbocycles. The molecule has 1 heterocycles. The highest BCUT2D eigenvalue weighted by Gasteiger charge is 2.23. The minimum Gasteiger partial charge on any atom is -0.489 e. The first-order chi connectivity index (χ1) is 14.2. The summed E-state index contributed by atoms with van der Waals surface area (Å²) in [5, 5.41) is 0.673. The molecule has 0 fully saturated rings. The van der Waals surface area contributed by atoms with Crippen LogP contribution in [0.4, 0.5) is 0 Å². The minimum absolute atomic E-state index is 0.290. The number of rotatable bonds is 6. The van der Waals surface area contributed by atoms with Gasteiger partial charge in [-0.2, -0.15) is 0 Å². The number of ether oxygens (including phenoxy) is 2. The second-order valence-corrected chi connectivity index (χ2v) is 7.29. The summed E-state index contributed by atoms with van der Waals surface area (Å²) in [6.45, 7) is 2.48. The Balaban J connectivity index is 1.74. The fourth-order valence-electron chi connectivity index (χ4n) is 3.14. The van der Waals surface area contributed by atoms with Crippen molar-refractivity contribution in [3.63, 3.8) is 0 Å². The Kier molecular flexibility index (Phi) is 5.67. The van der Waals surface area contributed by atoms with Crippen LogP contribution in [-0.2, 0) is 11.3 Å². The van der Waals surface area contributed by atoms with Crippen LogP contribution in [0.2, 0.25) is 0 Å². The highest BCUT2D eigenvalue weighted by atomic mass is 79.9. The lowest BCUT2D eigenvalue weighted by molar-refractivity contribution is 0.0529. The zero-order valence-electron chi connectivity index (χ0n) is 15.9. The van der Waals surface area contributed by atoms with E-state index in [1.165, 1.54) is 0 Å². The van der Waals surface area contributed by atoms with Gasteiger partial charge in [0.25, 0.3) is 0 Å². The van der Waals surface area contributed by atoms with Crippen molar-refractivity contribution in [3.05, 3.63) is 88.4 Å². The third kappa shape index (κ3) is 4.05. The summed E-state index contributed by atoms with van der Waals surface area (Å²) in [4.78, 5) is 12.7. The standard InChI is InChI=1S/C24H19BrO4/c1-2-27-24(26)22-19-14-18(28-15-17-10-6-7-11-20(17)25)12-13-21(19)29-23(22)16-8-4-3-5-9-16/h3-14H,2,15H2,1H3. The second kappa shape index (κ2) is 8.53. The van der Waals surface area contributed by atoms with Gasteiger partial charge < -0.3 is 13.9 Å². The molecule has 4 aromatic rings. The van der Waals surface area contributed by atoms with Crippen molar-refractivity contribution >= 4 is 32.9 Å². The Hall–Kier alpha value is -3.05. The number of hydrogen-bond acceptors (Lipinski definition) is 4. The van der Waals surface area contributed by atoms with Gasteiger partial charge in [0.05, 0.1) is 6.61 Å². The predicted molar refractivity (Wildman–Crippen MR) is 116 cm³/mol. The van der Waals surface area contributed by atoms with Gasteiger partial charge >= 0.3 is 5.97 Å². The first-order valence-corrected chi connectivity index (χ1v) is 10.1. The van der Waals surface area contributed by atoms with Crippen molar-refractivity contribution in [2.75, 3.05) is 6.61 Å². The zero-order valence-corrected chi connectivity index (χ0v) is 17.4. The number of carbonyl (C=O) groups is 1. The van der Waals surface area contributed by atoms with Gasteiger partial charge in [0.15, 0.2) is 0 Å². The Morgan fingerprint density at radius 1 is 1.00 bits per heavy atom. The van der Waals surface area contributed by atoms with Gasteiger partial charge in [-0.05, 0) is 31.2 Å². The Morgan fingerprint density at radius 2 is 1.76 bits per heavy atom. The molecule has 0 saturated heterocycles. The molecule has 0 radical (unpaired) electrons. The maximum Gasteiger partial charge on any atom is 0.342 e. The summed E-state index contributed by atoms with van der Waals surface area (Å²) >= 11 is 3.53. The van der Waals surface area contributed by atoms with Crippen LogP contribution in [0.5, 0.6) is 5.75 Å². The topological polar surface area (TPSA) is 48.7 Å². The van der Waals surface area contributed by atoms with E-state index in [2.05, 4.69) is 15.9 Å². The SMILES string of the molecule is CCOC(=O)c1c(-c2ccccc2)oc2ccc(OCc3ccccc3Br)cc12. The van der Waals surface area contributed by atoms with E-state index in [0.717, 1.165) is 15.6 Å². The molecule has 0 saturated carbocycles. The van der Waals surface area contributed by atoms with Gasteiger partial charge in [-0.1, -0.05) is 64.5 Å². The largest absolute Gasteiger partial charge is 0.489 e. The molecule has 4 rings (SSSR count). The smallest absolute Gasteiger partial charge is 0.342 e. The number of halogens is 1. The van der Waals surface area contributed by atoms with Crippen molar-refractivity contribution in [3.8, 4) is 17.1 Å². The average molecular weight is 451 g/mol. The van der Waals surface area contributed by atoms with Crippen LogP contribution in [0.1, 0.15) is 22.8 Å². The molecule has 29 heavy (non-hydrogen) atoms. The summed E-state index contributed by atoms with van der Waals surface area (Å²) < 4.78 is 18.3. The van der Waals surface area contributed by atoms with E-state index in [4.69, 9.17) is 13.9 Å². The fraction of sp³-hybridized carbons (Fsp3) is 0.125. The van der Waals surface area contributed by atoms with Gasteiger partial charge in [-0.25, -0.2) is 4.79 Å². The Labute approximate surface area is 177 Å². The lowest BCUT2D eigenvalue weighted by Gasteiger charge is -2.08. The quantitative estimate of drug-likeness (QED) is 0.309. The first kappa shape index (κ1) is 19.3. The van der Waals surface area contributed by atoms with Crippen LogP contribution in [-0.4, -0.2) is 12.6 Å². The van der Waals surface area contributed by atoms with Crippen molar-refractivity contribution in [2.24, 2.45) is 0 Å². The molecule has 3 aromatic carbocycles. The number of fused-ring (bicyclic) bond motifs is 1. The summed E-state index contributed by atoms with van der Waals surface area (Å²) in [6.07, 6.45) is 0. The van der Waals surface area contributed by atoms with E-state index >= 15 is 0 Å². The summed E-state index contributed by atoms with van der Waals surface area (Å²) in [6, 6.07) is 22.9. The van der Waals surface area contributed by atoms with E-state index in [1.54, 1.807) is 6.92 Å². The van der Waals surface area contributed by atoms with Gasteiger partial charge in [-0.3, -0.25) is 0 Å². The zero-order chi connectivity index (χ0) is 20.2. The lowest BCUT2D eigenvalue weighted by Crippen LogP contribution is -2.05. The molecule has 0 aliphatic rings. The van der Waals surface area contributed by atoms with Gasteiger partial charge in [0.1, 0.15) is 29.3 Å². The molecular weight excluding hydrogens is 432 g/mol. The number of esters is 1. The summed E-state index contributed by atoms with van der Waals surface area (Å²) in [5.74, 6) is 0.745. The molecule has 0 unspecified atom stereocenters. The average Bonchev–Trinajstić information content (AvgIpc) is 3.13. The Bertz CT molecular complexity index is 1150. The van der Waals surface area contributed by atoms with Crippen LogP contribution in [0.15, 0.2) is 81.7 Å². The monoisotopic (exact) mass is 450 g/mol. The molecule has 0 spiro atoms. The maximum absolute atomic E-state index is 12.7. The lowest BCUT2D eigenvalue weighted by atomic mass is 10.1.